The number of carbonyl (C=O) groups is 1. The molecule has 2 N–H and O–H groups in total. The lowest BCUT2D eigenvalue weighted by atomic mass is 10.2. The molecule has 1 aromatic heterocycles. The number of anilines is 1. The topological polar surface area (TPSA) is 65.2 Å². The minimum Gasteiger partial charge on any atom is -0.461 e. The number of hydrogen-bond acceptors (Lipinski definition) is 5. The maximum atomic E-state index is 11.7. The van der Waals surface area contributed by atoms with Gasteiger partial charge in [-0.25, -0.2) is 4.79 Å². The fourth-order valence-corrected chi connectivity index (χ4v) is 1.66. The Balaban J connectivity index is 2.55. The minimum absolute atomic E-state index is 0.353. The molecule has 0 spiro atoms. The molecule has 0 fully saturated rings. The van der Waals surface area contributed by atoms with Gasteiger partial charge in [-0.2, -0.15) is 11.8 Å². The maximum Gasteiger partial charge on any atom is 0.340 e. The minimum atomic E-state index is -0.353. The van der Waals surface area contributed by atoms with Gasteiger partial charge in [0, 0.05) is 5.75 Å². The van der Waals surface area contributed by atoms with Crippen molar-refractivity contribution in [1.82, 2.24) is 4.98 Å². The number of aromatic nitrogens is 1. The van der Waals surface area contributed by atoms with Gasteiger partial charge in [0.05, 0.1) is 23.1 Å². The van der Waals surface area contributed by atoms with Crippen LogP contribution in [0.15, 0.2) is 12.3 Å². The second-order valence-electron chi connectivity index (χ2n) is 3.23. The predicted molar refractivity (Wildman–Crippen MR) is 66.7 cm³/mol. The zero-order valence-corrected chi connectivity index (χ0v) is 10.3. The molecule has 0 unspecified atom stereocenters. The highest BCUT2D eigenvalue weighted by molar-refractivity contribution is 7.99. The number of rotatable bonds is 5. The molecule has 0 amide bonds. The average molecular weight is 240 g/mol. The van der Waals surface area contributed by atoms with Crippen LogP contribution in [0.25, 0.3) is 0 Å². The maximum absolute atomic E-state index is 11.7. The van der Waals surface area contributed by atoms with Crippen LogP contribution in [0, 0.1) is 6.92 Å². The molecule has 0 atom stereocenters. The van der Waals surface area contributed by atoms with E-state index in [-0.39, 0.29) is 5.97 Å². The van der Waals surface area contributed by atoms with Gasteiger partial charge in [0.1, 0.15) is 6.61 Å². The van der Waals surface area contributed by atoms with Crippen LogP contribution in [0.1, 0.15) is 23.0 Å². The molecular formula is C11H16N2O2S. The monoisotopic (exact) mass is 240 g/mol. The molecule has 16 heavy (non-hydrogen) atoms. The number of hydrogen-bond donors (Lipinski definition) is 1. The first kappa shape index (κ1) is 12.8. The van der Waals surface area contributed by atoms with E-state index in [1.54, 1.807) is 24.8 Å². The third kappa shape index (κ3) is 3.73. The van der Waals surface area contributed by atoms with Crippen LogP contribution >= 0.6 is 11.8 Å². The van der Waals surface area contributed by atoms with Crippen molar-refractivity contribution in [2.24, 2.45) is 0 Å². The molecule has 0 aromatic carbocycles. The molecule has 0 aliphatic heterocycles. The lowest BCUT2D eigenvalue weighted by molar-refractivity contribution is 0.0529. The van der Waals surface area contributed by atoms with Crippen molar-refractivity contribution < 1.29 is 9.53 Å². The molecular weight excluding hydrogens is 224 g/mol. The largest absolute Gasteiger partial charge is 0.461 e. The summed E-state index contributed by atoms with van der Waals surface area (Å²) in [5, 5.41) is 0. The van der Waals surface area contributed by atoms with Gasteiger partial charge in [-0.1, -0.05) is 6.92 Å². The number of aryl methyl sites for hydroxylation is 1. The SMILES string of the molecule is CCSCCOC(=O)c1cc(N)cnc1C. The van der Waals surface area contributed by atoms with Crippen LogP contribution < -0.4 is 5.73 Å². The smallest absolute Gasteiger partial charge is 0.340 e. The number of pyridine rings is 1. The van der Waals surface area contributed by atoms with Crippen molar-refractivity contribution in [3.63, 3.8) is 0 Å². The van der Waals surface area contributed by atoms with E-state index in [1.807, 2.05) is 0 Å². The van der Waals surface area contributed by atoms with Crippen LogP contribution in [-0.2, 0) is 4.74 Å². The quantitative estimate of drug-likeness (QED) is 0.629. The summed E-state index contributed by atoms with van der Waals surface area (Å²) in [6, 6.07) is 1.59. The van der Waals surface area contributed by atoms with Gasteiger partial charge in [-0.05, 0) is 18.7 Å². The van der Waals surface area contributed by atoms with Crippen molar-refractivity contribution in [2.45, 2.75) is 13.8 Å². The molecule has 5 heteroatoms. The van der Waals surface area contributed by atoms with E-state index >= 15 is 0 Å². The Bertz CT molecular complexity index is 369. The highest BCUT2D eigenvalue weighted by Crippen LogP contribution is 2.11. The highest BCUT2D eigenvalue weighted by Gasteiger charge is 2.11. The lowest BCUT2D eigenvalue weighted by Crippen LogP contribution is -2.11. The second kappa shape index (κ2) is 6.37. The zero-order valence-electron chi connectivity index (χ0n) is 9.53. The summed E-state index contributed by atoms with van der Waals surface area (Å²) in [6.07, 6.45) is 1.53. The van der Waals surface area contributed by atoms with Crippen molar-refractivity contribution >= 4 is 23.4 Å². The normalized spacial score (nSPS) is 10.1. The molecule has 0 radical (unpaired) electrons. The Morgan fingerprint density at radius 2 is 2.38 bits per heavy atom. The first-order valence-corrected chi connectivity index (χ1v) is 6.27. The zero-order chi connectivity index (χ0) is 12.0. The van der Waals surface area contributed by atoms with Gasteiger partial charge in [-0.15, -0.1) is 0 Å². The summed E-state index contributed by atoms with van der Waals surface area (Å²) in [4.78, 5) is 15.7. The van der Waals surface area contributed by atoms with Crippen molar-refractivity contribution in [2.75, 3.05) is 23.8 Å². The molecule has 4 nitrogen and oxygen atoms in total. The molecule has 1 heterocycles. The molecule has 88 valence electrons. The summed E-state index contributed by atoms with van der Waals surface area (Å²) < 4.78 is 5.11. The Hall–Kier alpha value is -1.23. The number of nitrogens with two attached hydrogens (primary N) is 1. The molecule has 1 rings (SSSR count). The number of esters is 1. The van der Waals surface area contributed by atoms with Crippen molar-refractivity contribution in [3.05, 3.63) is 23.5 Å². The van der Waals surface area contributed by atoms with Crippen LogP contribution in [-0.4, -0.2) is 29.1 Å². The fourth-order valence-electron chi connectivity index (χ4n) is 1.17. The van der Waals surface area contributed by atoms with E-state index in [1.165, 1.54) is 6.20 Å². The lowest BCUT2D eigenvalue weighted by Gasteiger charge is -2.06. The third-order valence-corrected chi connectivity index (χ3v) is 2.86. The molecule has 0 saturated heterocycles. The number of ether oxygens (including phenoxy) is 1. The number of nitrogen functional groups attached to an aromatic ring is 1. The fraction of sp³-hybridized carbons (Fsp3) is 0.455. The number of nitrogens with zero attached hydrogens (tertiary/aromatic N) is 1. The number of thioether (sulfide) groups is 1. The Labute approximate surface area is 99.6 Å². The predicted octanol–water partition coefficient (Wildman–Crippen LogP) is 1.88. The van der Waals surface area contributed by atoms with Gasteiger partial charge in [0.2, 0.25) is 0 Å². The first-order chi connectivity index (χ1) is 7.65. The molecule has 0 aliphatic rings. The van der Waals surface area contributed by atoms with E-state index in [0.29, 0.717) is 23.6 Å². The Morgan fingerprint density at radius 3 is 3.06 bits per heavy atom. The summed E-state index contributed by atoms with van der Waals surface area (Å²) >= 11 is 1.74. The average Bonchev–Trinajstić information content (AvgIpc) is 2.27. The van der Waals surface area contributed by atoms with Gasteiger partial charge >= 0.3 is 5.97 Å². The first-order valence-electron chi connectivity index (χ1n) is 5.12. The summed E-state index contributed by atoms with van der Waals surface area (Å²) in [7, 11) is 0. The van der Waals surface area contributed by atoms with Crippen LogP contribution in [0.5, 0.6) is 0 Å². The molecule has 0 bridgehead atoms. The van der Waals surface area contributed by atoms with E-state index in [2.05, 4.69) is 11.9 Å². The Morgan fingerprint density at radius 1 is 1.62 bits per heavy atom. The molecule has 0 saturated carbocycles. The highest BCUT2D eigenvalue weighted by atomic mass is 32.2. The molecule has 1 aromatic rings. The third-order valence-electron chi connectivity index (χ3n) is 1.99. The van der Waals surface area contributed by atoms with E-state index in [9.17, 15) is 4.79 Å². The van der Waals surface area contributed by atoms with Crippen molar-refractivity contribution in [1.29, 1.82) is 0 Å². The summed E-state index contributed by atoms with van der Waals surface area (Å²) in [6.45, 7) is 4.25. The van der Waals surface area contributed by atoms with E-state index in [4.69, 9.17) is 10.5 Å². The van der Waals surface area contributed by atoms with E-state index in [0.717, 1.165) is 11.5 Å². The standard InChI is InChI=1S/C11H16N2O2S/c1-3-16-5-4-15-11(14)10-6-9(12)7-13-8(10)2/h6-7H,3-5,12H2,1-2H3. The molecule has 0 aliphatic carbocycles. The second-order valence-corrected chi connectivity index (χ2v) is 4.63. The van der Waals surface area contributed by atoms with Gasteiger partial charge in [0.25, 0.3) is 0 Å². The van der Waals surface area contributed by atoms with Crippen LogP contribution in [0.2, 0.25) is 0 Å². The van der Waals surface area contributed by atoms with Gasteiger partial charge < -0.3 is 10.5 Å². The van der Waals surface area contributed by atoms with Crippen LogP contribution in [0.4, 0.5) is 5.69 Å². The van der Waals surface area contributed by atoms with Gasteiger partial charge in [-0.3, -0.25) is 4.98 Å². The van der Waals surface area contributed by atoms with Crippen molar-refractivity contribution in [3.8, 4) is 0 Å². The van der Waals surface area contributed by atoms with Crippen LogP contribution in [0.3, 0.4) is 0 Å². The summed E-state index contributed by atoms with van der Waals surface area (Å²) in [5.41, 5.74) is 7.13. The number of carbonyl (C=O) groups excluding carboxylic acids is 1. The van der Waals surface area contributed by atoms with Gasteiger partial charge in [0.15, 0.2) is 0 Å². The summed E-state index contributed by atoms with van der Waals surface area (Å²) in [5.74, 6) is 1.49. The van der Waals surface area contributed by atoms with E-state index < -0.39 is 0 Å². The Kier molecular flexibility index (Phi) is 5.11.